The van der Waals surface area contributed by atoms with Crippen molar-refractivity contribution in [2.45, 2.75) is 11.4 Å². The average Bonchev–Trinajstić information content (AvgIpc) is 2.80. The van der Waals surface area contributed by atoms with Gasteiger partial charge in [0.1, 0.15) is 11.5 Å². The van der Waals surface area contributed by atoms with Gasteiger partial charge in [0.25, 0.3) is 0 Å². The molecular formula is C23H22Cl2N2O5S. The van der Waals surface area contributed by atoms with Gasteiger partial charge in [-0.15, -0.1) is 0 Å². The molecule has 0 aliphatic rings. The topological polar surface area (TPSA) is 84.9 Å². The fourth-order valence-electron chi connectivity index (χ4n) is 3.07. The highest BCUT2D eigenvalue weighted by molar-refractivity contribution is 7.89. The van der Waals surface area contributed by atoms with Gasteiger partial charge >= 0.3 is 0 Å². The Balaban J connectivity index is 1.92. The number of ether oxygens (including phenoxy) is 2. The number of methoxy groups -OCH3 is 2. The summed E-state index contributed by atoms with van der Waals surface area (Å²) in [6.45, 7) is -0.591. The highest BCUT2D eigenvalue weighted by Gasteiger charge is 2.28. The van der Waals surface area contributed by atoms with E-state index in [2.05, 4.69) is 5.32 Å². The quantitative estimate of drug-likeness (QED) is 0.446. The fraction of sp³-hybridized carbons (Fsp3) is 0.174. The Bertz CT molecular complexity index is 1240. The van der Waals surface area contributed by atoms with Crippen LogP contribution >= 0.6 is 23.2 Å². The van der Waals surface area contributed by atoms with E-state index in [1.165, 1.54) is 32.4 Å². The average molecular weight is 509 g/mol. The number of halogens is 2. The number of carbonyl (C=O) groups is 1. The van der Waals surface area contributed by atoms with Gasteiger partial charge in [0, 0.05) is 22.7 Å². The molecule has 1 amide bonds. The Morgan fingerprint density at radius 3 is 2.33 bits per heavy atom. The van der Waals surface area contributed by atoms with Crippen LogP contribution in [0.25, 0.3) is 0 Å². The van der Waals surface area contributed by atoms with E-state index in [-0.39, 0.29) is 11.4 Å². The lowest BCUT2D eigenvalue weighted by Gasteiger charge is -2.23. The summed E-state index contributed by atoms with van der Waals surface area (Å²) >= 11 is 12.2. The maximum absolute atomic E-state index is 13.4. The molecule has 0 aliphatic heterocycles. The minimum atomic E-state index is -4.02. The lowest BCUT2D eigenvalue weighted by atomic mass is 10.2. The molecule has 0 saturated heterocycles. The van der Waals surface area contributed by atoms with Gasteiger partial charge in [0.15, 0.2) is 0 Å². The van der Waals surface area contributed by atoms with E-state index in [0.717, 1.165) is 4.31 Å². The molecule has 3 aromatic carbocycles. The second-order valence-electron chi connectivity index (χ2n) is 6.94. The molecule has 10 heteroatoms. The highest BCUT2D eigenvalue weighted by Crippen LogP contribution is 2.29. The summed E-state index contributed by atoms with van der Waals surface area (Å²) in [6, 6.07) is 17.5. The maximum Gasteiger partial charge on any atom is 0.243 e. The second kappa shape index (κ2) is 10.9. The molecule has 0 heterocycles. The molecule has 3 aromatic rings. The van der Waals surface area contributed by atoms with Crippen molar-refractivity contribution in [2.75, 3.05) is 26.1 Å². The number of nitrogens with one attached hydrogen (secondary N) is 1. The molecular weight excluding hydrogens is 487 g/mol. The normalized spacial score (nSPS) is 11.3. The molecule has 0 aliphatic carbocycles. The summed E-state index contributed by atoms with van der Waals surface area (Å²) in [6.07, 6.45) is 0. The first-order valence-corrected chi connectivity index (χ1v) is 11.9. The third-order valence-electron chi connectivity index (χ3n) is 4.74. The fourth-order valence-corrected chi connectivity index (χ4v) is 4.93. The smallest absolute Gasteiger partial charge is 0.243 e. The minimum absolute atomic E-state index is 0.0573. The third kappa shape index (κ3) is 6.17. The molecule has 0 fully saturated rings. The standard InChI is InChI=1S/C23H22Cl2N2O5S/c1-31-18-10-11-22(32-2)21(13-18)26-23(28)15-27(14-16-8-9-17(24)12-20(16)25)33(29,30)19-6-4-3-5-7-19/h3-13H,14-15H2,1-2H3,(H,26,28). The van der Waals surface area contributed by atoms with Crippen molar-refractivity contribution in [3.8, 4) is 11.5 Å². The molecule has 0 aromatic heterocycles. The van der Waals surface area contributed by atoms with Crippen LogP contribution in [0.1, 0.15) is 5.56 Å². The summed E-state index contributed by atoms with van der Waals surface area (Å²) in [5.74, 6) is 0.348. The van der Waals surface area contributed by atoms with Crippen LogP contribution in [-0.4, -0.2) is 39.4 Å². The first-order valence-electron chi connectivity index (χ1n) is 9.75. The Morgan fingerprint density at radius 1 is 0.970 bits per heavy atom. The first-order chi connectivity index (χ1) is 15.7. The number of rotatable bonds is 9. The Morgan fingerprint density at radius 2 is 1.70 bits per heavy atom. The van der Waals surface area contributed by atoms with Gasteiger partial charge in [-0.25, -0.2) is 8.42 Å². The van der Waals surface area contributed by atoms with Gasteiger partial charge in [0.05, 0.1) is 31.3 Å². The maximum atomic E-state index is 13.4. The van der Waals surface area contributed by atoms with Crippen LogP contribution in [0.5, 0.6) is 11.5 Å². The van der Waals surface area contributed by atoms with Gasteiger partial charge in [-0.3, -0.25) is 4.79 Å². The summed E-state index contributed by atoms with van der Waals surface area (Å²) in [4.78, 5) is 13.0. The summed E-state index contributed by atoms with van der Waals surface area (Å²) in [5.41, 5.74) is 0.857. The molecule has 0 spiro atoms. The predicted molar refractivity (Wildman–Crippen MR) is 129 cm³/mol. The lowest BCUT2D eigenvalue weighted by Crippen LogP contribution is -2.37. The van der Waals surface area contributed by atoms with E-state index in [1.54, 1.807) is 48.5 Å². The van der Waals surface area contributed by atoms with Gasteiger partial charge in [-0.05, 0) is 42.0 Å². The SMILES string of the molecule is COc1ccc(OC)c(NC(=O)CN(Cc2ccc(Cl)cc2Cl)S(=O)(=O)c2ccccc2)c1. The van der Waals surface area contributed by atoms with Crippen LogP contribution in [0.3, 0.4) is 0 Å². The van der Waals surface area contributed by atoms with Crippen LogP contribution in [0.15, 0.2) is 71.6 Å². The zero-order valence-corrected chi connectivity index (χ0v) is 20.2. The predicted octanol–water partition coefficient (Wildman–Crippen LogP) is 4.84. The largest absolute Gasteiger partial charge is 0.497 e. The molecule has 174 valence electrons. The molecule has 33 heavy (non-hydrogen) atoms. The van der Waals surface area contributed by atoms with Crippen molar-refractivity contribution in [1.82, 2.24) is 4.31 Å². The molecule has 0 radical (unpaired) electrons. The van der Waals surface area contributed by atoms with Crippen molar-refractivity contribution in [3.05, 3.63) is 82.3 Å². The van der Waals surface area contributed by atoms with Crippen molar-refractivity contribution in [1.29, 1.82) is 0 Å². The number of hydrogen-bond donors (Lipinski definition) is 1. The van der Waals surface area contributed by atoms with Crippen LogP contribution in [0.4, 0.5) is 5.69 Å². The van der Waals surface area contributed by atoms with Gasteiger partial charge in [0.2, 0.25) is 15.9 Å². The molecule has 0 bridgehead atoms. The molecule has 0 unspecified atom stereocenters. The van der Waals surface area contributed by atoms with Gasteiger partial charge in [-0.1, -0.05) is 47.5 Å². The molecule has 0 atom stereocenters. The minimum Gasteiger partial charge on any atom is -0.497 e. The number of amides is 1. The third-order valence-corrected chi connectivity index (χ3v) is 7.14. The van der Waals surface area contributed by atoms with E-state index in [9.17, 15) is 13.2 Å². The van der Waals surface area contributed by atoms with Crippen LogP contribution < -0.4 is 14.8 Å². The molecule has 3 rings (SSSR count). The highest BCUT2D eigenvalue weighted by atomic mass is 35.5. The first kappa shape index (κ1) is 24.9. The lowest BCUT2D eigenvalue weighted by molar-refractivity contribution is -0.116. The van der Waals surface area contributed by atoms with Crippen molar-refractivity contribution >= 4 is 44.8 Å². The number of nitrogens with zero attached hydrogens (tertiary/aromatic N) is 1. The van der Waals surface area contributed by atoms with E-state index >= 15 is 0 Å². The number of carbonyl (C=O) groups excluding carboxylic acids is 1. The van der Waals surface area contributed by atoms with E-state index < -0.39 is 22.5 Å². The summed E-state index contributed by atoms with van der Waals surface area (Å²) in [7, 11) is -1.06. The Hall–Kier alpha value is -2.78. The zero-order chi connectivity index (χ0) is 24.0. The van der Waals surface area contributed by atoms with Crippen LogP contribution in [0.2, 0.25) is 10.0 Å². The van der Waals surface area contributed by atoms with Crippen LogP contribution in [0, 0.1) is 0 Å². The van der Waals surface area contributed by atoms with E-state index in [4.69, 9.17) is 32.7 Å². The zero-order valence-electron chi connectivity index (χ0n) is 17.9. The van der Waals surface area contributed by atoms with Crippen molar-refractivity contribution in [3.63, 3.8) is 0 Å². The van der Waals surface area contributed by atoms with Crippen molar-refractivity contribution < 1.29 is 22.7 Å². The van der Waals surface area contributed by atoms with E-state index in [1.807, 2.05) is 0 Å². The summed E-state index contributed by atoms with van der Waals surface area (Å²) < 4.78 is 38.2. The van der Waals surface area contributed by atoms with Gasteiger partial charge < -0.3 is 14.8 Å². The molecule has 1 N–H and O–H groups in total. The van der Waals surface area contributed by atoms with Gasteiger partial charge in [-0.2, -0.15) is 4.31 Å². The number of benzene rings is 3. The number of sulfonamides is 1. The molecule has 7 nitrogen and oxygen atoms in total. The Kier molecular flexibility index (Phi) is 8.20. The molecule has 0 saturated carbocycles. The summed E-state index contributed by atoms with van der Waals surface area (Å²) in [5, 5.41) is 3.41. The number of hydrogen-bond acceptors (Lipinski definition) is 5. The Labute approximate surface area is 202 Å². The monoisotopic (exact) mass is 508 g/mol. The second-order valence-corrected chi connectivity index (χ2v) is 9.72. The number of anilines is 1. The van der Waals surface area contributed by atoms with Crippen LogP contribution in [-0.2, 0) is 21.4 Å². The van der Waals surface area contributed by atoms with Crippen molar-refractivity contribution in [2.24, 2.45) is 0 Å². The van der Waals surface area contributed by atoms with E-state index in [0.29, 0.717) is 32.8 Å².